The molecule has 0 bridgehead atoms. The third-order valence-corrected chi connectivity index (χ3v) is 6.97. The van der Waals surface area contributed by atoms with Gasteiger partial charge in [-0.05, 0) is 36.2 Å². The Morgan fingerprint density at radius 2 is 1.89 bits per heavy atom. The summed E-state index contributed by atoms with van der Waals surface area (Å²) in [6, 6.07) is 10.1. The van der Waals surface area contributed by atoms with E-state index in [1.165, 1.54) is 7.05 Å². The van der Waals surface area contributed by atoms with Crippen molar-refractivity contribution in [2.75, 3.05) is 33.6 Å². The number of aryl methyl sites for hydroxylation is 1. The van der Waals surface area contributed by atoms with Gasteiger partial charge in [-0.2, -0.15) is 18.2 Å². The van der Waals surface area contributed by atoms with Crippen molar-refractivity contribution in [2.45, 2.75) is 26.1 Å². The van der Waals surface area contributed by atoms with Crippen LogP contribution in [0.5, 0.6) is 0 Å². The van der Waals surface area contributed by atoms with Crippen LogP contribution in [0.2, 0.25) is 0 Å². The maximum atomic E-state index is 13.7. The Morgan fingerprint density at radius 3 is 2.58 bits per heavy atom. The van der Waals surface area contributed by atoms with E-state index in [2.05, 4.69) is 25.9 Å². The Bertz CT molecular complexity index is 1440. The van der Waals surface area contributed by atoms with Gasteiger partial charge in [0.2, 0.25) is 21.9 Å². The minimum absolute atomic E-state index is 0.100. The number of sulfonamides is 1. The van der Waals surface area contributed by atoms with Crippen LogP contribution in [0.15, 0.2) is 42.6 Å². The summed E-state index contributed by atoms with van der Waals surface area (Å²) < 4.78 is 66.4. The van der Waals surface area contributed by atoms with Crippen LogP contribution in [0, 0.1) is 6.92 Å². The van der Waals surface area contributed by atoms with E-state index in [1.807, 2.05) is 0 Å². The first-order valence-electron chi connectivity index (χ1n) is 10.7. The molecular formula is C23H23F3N6O3S. The van der Waals surface area contributed by atoms with E-state index in [4.69, 9.17) is 0 Å². The third-order valence-electron chi connectivity index (χ3n) is 5.78. The fourth-order valence-corrected chi connectivity index (χ4v) is 4.36. The second-order valence-electron chi connectivity index (χ2n) is 8.29. The van der Waals surface area contributed by atoms with Crippen LogP contribution >= 0.6 is 0 Å². The van der Waals surface area contributed by atoms with Crippen molar-refractivity contribution < 1.29 is 26.4 Å². The van der Waals surface area contributed by atoms with Crippen molar-refractivity contribution in [2.24, 2.45) is 0 Å². The molecule has 1 amide bonds. The van der Waals surface area contributed by atoms with Crippen molar-refractivity contribution >= 4 is 44.8 Å². The van der Waals surface area contributed by atoms with E-state index in [-0.39, 0.29) is 24.8 Å². The van der Waals surface area contributed by atoms with Crippen molar-refractivity contribution in [3.05, 3.63) is 64.8 Å². The molecule has 0 aliphatic carbocycles. The summed E-state index contributed by atoms with van der Waals surface area (Å²) in [7, 11) is -2.22. The first kappa shape index (κ1) is 25.2. The van der Waals surface area contributed by atoms with Crippen LogP contribution < -0.4 is 20.3 Å². The van der Waals surface area contributed by atoms with Gasteiger partial charge >= 0.3 is 6.18 Å². The molecule has 0 saturated carbocycles. The van der Waals surface area contributed by atoms with E-state index >= 15 is 0 Å². The van der Waals surface area contributed by atoms with Gasteiger partial charge in [-0.3, -0.25) is 9.10 Å². The zero-order chi connectivity index (χ0) is 26.3. The highest BCUT2D eigenvalue weighted by atomic mass is 32.2. The van der Waals surface area contributed by atoms with Gasteiger partial charge in [-0.25, -0.2) is 13.4 Å². The summed E-state index contributed by atoms with van der Waals surface area (Å²) in [4.78, 5) is 19.6. The van der Waals surface area contributed by atoms with E-state index in [9.17, 15) is 26.4 Å². The fraction of sp³-hybridized carbons (Fsp3) is 0.261. The molecule has 0 atom stereocenters. The highest BCUT2D eigenvalue weighted by molar-refractivity contribution is 7.92. The molecule has 3 N–H and O–H groups in total. The molecule has 0 radical (unpaired) electrons. The Kier molecular flexibility index (Phi) is 6.52. The lowest BCUT2D eigenvalue weighted by Gasteiger charge is -2.22. The summed E-state index contributed by atoms with van der Waals surface area (Å²) in [6.45, 7) is 1.61. The third kappa shape index (κ3) is 5.20. The minimum atomic E-state index is -4.73. The number of fused-ring (bicyclic) bond motifs is 1. The molecule has 1 aliphatic rings. The van der Waals surface area contributed by atoms with Gasteiger partial charge in [0.25, 0.3) is 0 Å². The van der Waals surface area contributed by atoms with Crippen LogP contribution in [0.3, 0.4) is 0 Å². The number of hydrogen-bond donors (Lipinski definition) is 3. The van der Waals surface area contributed by atoms with E-state index in [1.54, 1.807) is 43.3 Å². The number of benzene rings is 2. The molecule has 0 fully saturated rings. The van der Waals surface area contributed by atoms with Crippen LogP contribution in [0.4, 0.5) is 42.0 Å². The van der Waals surface area contributed by atoms with E-state index < -0.39 is 27.6 Å². The molecule has 2 aromatic carbocycles. The molecule has 4 rings (SSSR count). The van der Waals surface area contributed by atoms with E-state index in [0.29, 0.717) is 39.9 Å². The van der Waals surface area contributed by atoms with Gasteiger partial charge in [0, 0.05) is 36.7 Å². The standard InChI is InChI=1S/C23H23F3N6O3S/c1-13-6-4-9-19(32(2)36(3,34)35)15(13)11-27-21-16(23(24,25)26)12-28-22(31-21)30-18-8-5-7-17-14(18)10-20(33)29-17/h4-9,12H,10-11H2,1-3H3,(H,29,33)(H2,27,28,30,31). The quantitative estimate of drug-likeness (QED) is 0.430. The highest BCUT2D eigenvalue weighted by Gasteiger charge is 2.35. The predicted octanol–water partition coefficient (Wildman–Crippen LogP) is 4.05. The summed E-state index contributed by atoms with van der Waals surface area (Å²) in [5.41, 5.74) is 2.21. The number of amides is 1. The first-order valence-corrected chi connectivity index (χ1v) is 12.6. The average Bonchev–Trinajstić information content (AvgIpc) is 3.17. The van der Waals surface area contributed by atoms with Gasteiger partial charge in [0.1, 0.15) is 11.4 Å². The molecule has 190 valence electrons. The molecule has 9 nitrogen and oxygen atoms in total. The predicted molar refractivity (Wildman–Crippen MR) is 131 cm³/mol. The molecule has 13 heteroatoms. The van der Waals surface area contributed by atoms with Crippen molar-refractivity contribution in [3.63, 3.8) is 0 Å². The second-order valence-corrected chi connectivity index (χ2v) is 10.3. The number of nitrogens with one attached hydrogen (secondary N) is 3. The SMILES string of the molecule is Cc1cccc(N(C)S(C)(=O)=O)c1CNc1nc(Nc2cccc3c2CC(=O)N3)ncc1C(F)(F)F. The van der Waals surface area contributed by atoms with Gasteiger partial charge in [0.05, 0.1) is 18.4 Å². The molecule has 1 aromatic heterocycles. The maximum absolute atomic E-state index is 13.7. The summed E-state index contributed by atoms with van der Waals surface area (Å²) in [5.74, 6) is -0.766. The summed E-state index contributed by atoms with van der Waals surface area (Å²) >= 11 is 0. The Morgan fingerprint density at radius 1 is 1.17 bits per heavy atom. The fourth-order valence-electron chi connectivity index (χ4n) is 3.83. The van der Waals surface area contributed by atoms with Crippen LogP contribution in [-0.4, -0.2) is 37.6 Å². The van der Waals surface area contributed by atoms with Gasteiger partial charge in [-0.1, -0.05) is 18.2 Å². The lowest BCUT2D eigenvalue weighted by atomic mass is 10.1. The number of nitrogens with zero attached hydrogens (tertiary/aromatic N) is 3. The molecular weight excluding hydrogens is 497 g/mol. The van der Waals surface area contributed by atoms with Crippen molar-refractivity contribution in [1.82, 2.24) is 9.97 Å². The molecule has 0 spiro atoms. The van der Waals surface area contributed by atoms with Gasteiger partial charge in [-0.15, -0.1) is 0 Å². The zero-order valence-corrected chi connectivity index (χ0v) is 20.4. The highest BCUT2D eigenvalue weighted by Crippen LogP contribution is 2.36. The Labute approximate surface area is 205 Å². The van der Waals surface area contributed by atoms with Crippen LogP contribution in [0.1, 0.15) is 22.3 Å². The van der Waals surface area contributed by atoms with Crippen molar-refractivity contribution in [1.29, 1.82) is 0 Å². The molecule has 2 heterocycles. The number of rotatable bonds is 7. The molecule has 0 unspecified atom stereocenters. The van der Waals surface area contributed by atoms with Gasteiger partial charge in [0.15, 0.2) is 0 Å². The normalized spacial score (nSPS) is 13.2. The van der Waals surface area contributed by atoms with Crippen molar-refractivity contribution in [3.8, 4) is 0 Å². The first-order chi connectivity index (χ1) is 16.8. The largest absolute Gasteiger partial charge is 0.421 e. The monoisotopic (exact) mass is 520 g/mol. The number of anilines is 5. The zero-order valence-electron chi connectivity index (χ0n) is 19.6. The Hall–Kier alpha value is -3.87. The average molecular weight is 521 g/mol. The summed E-state index contributed by atoms with van der Waals surface area (Å²) in [6.07, 6.45) is -2.90. The number of aromatic nitrogens is 2. The van der Waals surface area contributed by atoms with Crippen LogP contribution in [0.25, 0.3) is 0 Å². The van der Waals surface area contributed by atoms with Crippen LogP contribution in [-0.2, 0) is 34.0 Å². The second kappa shape index (κ2) is 9.30. The lowest BCUT2D eigenvalue weighted by molar-refractivity contribution is -0.137. The maximum Gasteiger partial charge on any atom is 0.421 e. The smallest absolute Gasteiger partial charge is 0.365 e. The number of halogens is 3. The Balaban J connectivity index is 1.67. The molecule has 1 aliphatic heterocycles. The number of carbonyl (C=O) groups is 1. The van der Waals surface area contributed by atoms with E-state index in [0.717, 1.165) is 10.6 Å². The molecule has 3 aromatic rings. The lowest BCUT2D eigenvalue weighted by Crippen LogP contribution is -2.26. The minimum Gasteiger partial charge on any atom is -0.365 e. The number of hydrogen-bond acceptors (Lipinski definition) is 7. The summed E-state index contributed by atoms with van der Waals surface area (Å²) in [5, 5.41) is 8.31. The van der Waals surface area contributed by atoms with Gasteiger partial charge < -0.3 is 16.0 Å². The molecule has 36 heavy (non-hydrogen) atoms. The topological polar surface area (TPSA) is 116 Å². The number of carbonyl (C=O) groups excluding carboxylic acids is 1. The number of alkyl halides is 3. The molecule has 0 saturated heterocycles.